The summed E-state index contributed by atoms with van der Waals surface area (Å²) in [6.07, 6.45) is 2.72. The molecule has 0 unspecified atom stereocenters. The van der Waals surface area contributed by atoms with Gasteiger partial charge in [-0.05, 0) is 45.2 Å². The number of ether oxygens (including phenoxy) is 4. The van der Waals surface area contributed by atoms with E-state index in [0.717, 1.165) is 6.08 Å². The Morgan fingerprint density at radius 3 is 2.44 bits per heavy atom. The average molecular weight is 447 g/mol. The number of carbonyl (C=O) groups excluding carboxylic acids is 4. The number of hydrogen-bond donors (Lipinski definition) is 0. The Balaban J connectivity index is 2.14. The van der Waals surface area contributed by atoms with Crippen molar-refractivity contribution in [2.75, 3.05) is 27.4 Å². The Kier molecular flexibility index (Phi) is 8.40. The van der Waals surface area contributed by atoms with Crippen molar-refractivity contribution in [2.24, 2.45) is 5.41 Å². The van der Waals surface area contributed by atoms with E-state index in [1.165, 1.54) is 39.0 Å². The lowest BCUT2D eigenvalue weighted by atomic mass is 9.87. The molecule has 0 spiro atoms. The average Bonchev–Trinajstić information content (AvgIpc) is 2.81. The number of carbonyl (C=O) groups is 4. The largest absolute Gasteiger partial charge is 0.493 e. The van der Waals surface area contributed by atoms with E-state index in [4.69, 9.17) is 18.9 Å². The van der Waals surface area contributed by atoms with Crippen molar-refractivity contribution >= 4 is 23.6 Å². The maximum Gasteiger partial charge on any atom is 0.334 e. The molecule has 1 saturated heterocycles. The van der Waals surface area contributed by atoms with Gasteiger partial charge >= 0.3 is 11.9 Å². The number of benzene rings is 1. The number of piperidine rings is 1. The number of rotatable bonds is 9. The van der Waals surface area contributed by atoms with E-state index < -0.39 is 35.1 Å². The fourth-order valence-electron chi connectivity index (χ4n) is 3.28. The van der Waals surface area contributed by atoms with Crippen LogP contribution >= 0.6 is 0 Å². The van der Waals surface area contributed by atoms with Crippen LogP contribution in [0.1, 0.15) is 33.1 Å². The molecule has 1 amide bonds. The highest BCUT2D eigenvalue weighted by Crippen LogP contribution is 2.31. The summed E-state index contributed by atoms with van der Waals surface area (Å²) in [4.78, 5) is 51.3. The van der Waals surface area contributed by atoms with E-state index in [9.17, 15) is 19.2 Å². The molecule has 1 heterocycles. The molecule has 0 bridgehead atoms. The zero-order valence-electron chi connectivity index (χ0n) is 18.8. The zero-order valence-corrected chi connectivity index (χ0v) is 18.8. The van der Waals surface area contributed by atoms with Crippen molar-refractivity contribution in [1.82, 2.24) is 4.90 Å². The lowest BCUT2D eigenvalue weighted by molar-refractivity contribution is -0.159. The third-order valence-corrected chi connectivity index (χ3v) is 5.16. The van der Waals surface area contributed by atoms with Crippen molar-refractivity contribution in [2.45, 2.75) is 39.2 Å². The van der Waals surface area contributed by atoms with Crippen LogP contribution < -0.4 is 14.2 Å². The van der Waals surface area contributed by atoms with Crippen LogP contribution in [0, 0.1) is 5.41 Å². The molecule has 0 radical (unpaired) electrons. The second-order valence-corrected chi connectivity index (χ2v) is 7.97. The van der Waals surface area contributed by atoms with Crippen LogP contribution in [0.2, 0.25) is 0 Å². The maximum absolute atomic E-state index is 13.0. The first-order valence-electron chi connectivity index (χ1n) is 10.2. The maximum atomic E-state index is 13.0. The molecule has 9 nitrogen and oxygen atoms in total. The summed E-state index contributed by atoms with van der Waals surface area (Å²) >= 11 is 0. The highest BCUT2D eigenvalue weighted by molar-refractivity contribution is 6.38. The molecule has 32 heavy (non-hydrogen) atoms. The molecule has 0 aromatic heterocycles. The highest BCUT2D eigenvalue weighted by Gasteiger charge is 2.42. The molecular weight excluding hydrogens is 418 g/mol. The zero-order chi connectivity index (χ0) is 23.9. The molecule has 2 rings (SSSR count). The summed E-state index contributed by atoms with van der Waals surface area (Å²) in [6.45, 7) is 6.28. The summed E-state index contributed by atoms with van der Waals surface area (Å²) in [5.74, 6) is -1.79. The van der Waals surface area contributed by atoms with Gasteiger partial charge in [-0.2, -0.15) is 0 Å². The quantitative estimate of drug-likeness (QED) is 0.246. The van der Waals surface area contributed by atoms with Gasteiger partial charge < -0.3 is 23.8 Å². The number of esters is 2. The fraction of sp³-hybridized carbons (Fsp3) is 0.478. The van der Waals surface area contributed by atoms with E-state index in [1.807, 2.05) is 0 Å². The van der Waals surface area contributed by atoms with Crippen LogP contribution in [0.4, 0.5) is 0 Å². The molecular formula is C23H29NO8. The van der Waals surface area contributed by atoms with E-state index in [0.29, 0.717) is 30.8 Å². The van der Waals surface area contributed by atoms with E-state index in [2.05, 4.69) is 6.58 Å². The minimum atomic E-state index is -1.26. The first-order chi connectivity index (χ1) is 15.1. The molecule has 1 aliphatic rings. The van der Waals surface area contributed by atoms with Crippen LogP contribution in [-0.2, 0) is 23.9 Å². The predicted molar refractivity (Wildman–Crippen MR) is 114 cm³/mol. The second kappa shape index (κ2) is 10.8. The smallest absolute Gasteiger partial charge is 0.334 e. The molecule has 1 fully saturated rings. The van der Waals surface area contributed by atoms with Gasteiger partial charge in [-0.3, -0.25) is 9.59 Å². The van der Waals surface area contributed by atoms with Gasteiger partial charge in [0.05, 0.1) is 19.6 Å². The van der Waals surface area contributed by atoms with Gasteiger partial charge in [0.2, 0.25) is 5.78 Å². The van der Waals surface area contributed by atoms with Gasteiger partial charge in [0.1, 0.15) is 18.4 Å². The Bertz CT molecular complexity index is 892. The molecule has 1 atom stereocenters. The van der Waals surface area contributed by atoms with Crippen molar-refractivity contribution < 1.29 is 38.1 Å². The minimum Gasteiger partial charge on any atom is -0.493 e. The summed E-state index contributed by atoms with van der Waals surface area (Å²) < 4.78 is 20.8. The first-order valence-corrected chi connectivity index (χ1v) is 10.2. The number of Topliss-reactive ketones (excluding diaryl/α,β-unsaturated/α-hetero) is 1. The predicted octanol–water partition coefficient (Wildman–Crippen LogP) is 2.31. The van der Waals surface area contributed by atoms with E-state index >= 15 is 0 Å². The van der Waals surface area contributed by atoms with Crippen LogP contribution in [0.5, 0.6) is 17.2 Å². The molecule has 1 aromatic rings. The SMILES string of the molecule is C=CC(=O)OCC(C)(C)C(=O)C(=O)N1CCCC[C@H]1C(=O)Oc1ccc(OC)c(OC)c1. The summed E-state index contributed by atoms with van der Waals surface area (Å²) in [6, 6.07) is 3.76. The van der Waals surface area contributed by atoms with Crippen molar-refractivity contribution in [3.05, 3.63) is 30.9 Å². The van der Waals surface area contributed by atoms with Gasteiger partial charge in [-0.25, -0.2) is 9.59 Å². The molecule has 0 aliphatic carbocycles. The van der Waals surface area contributed by atoms with Crippen LogP contribution in [0.15, 0.2) is 30.9 Å². The van der Waals surface area contributed by atoms with Gasteiger partial charge in [0.25, 0.3) is 5.91 Å². The number of methoxy groups -OCH3 is 2. The Morgan fingerprint density at radius 1 is 1.12 bits per heavy atom. The lowest BCUT2D eigenvalue weighted by Crippen LogP contribution is -2.54. The van der Waals surface area contributed by atoms with Gasteiger partial charge in [0, 0.05) is 18.7 Å². The molecule has 174 valence electrons. The van der Waals surface area contributed by atoms with E-state index in [-0.39, 0.29) is 18.9 Å². The van der Waals surface area contributed by atoms with Crippen molar-refractivity contribution in [1.29, 1.82) is 0 Å². The summed E-state index contributed by atoms with van der Waals surface area (Å²) in [5, 5.41) is 0. The van der Waals surface area contributed by atoms with Gasteiger partial charge in [-0.15, -0.1) is 0 Å². The molecule has 0 N–H and O–H groups in total. The van der Waals surface area contributed by atoms with E-state index in [1.54, 1.807) is 12.1 Å². The third kappa shape index (κ3) is 5.87. The normalized spacial score (nSPS) is 16.0. The van der Waals surface area contributed by atoms with Crippen LogP contribution in [0.25, 0.3) is 0 Å². The number of nitrogens with zero attached hydrogens (tertiary/aromatic N) is 1. The molecule has 0 saturated carbocycles. The highest BCUT2D eigenvalue weighted by atomic mass is 16.5. The van der Waals surface area contributed by atoms with Crippen LogP contribution in [-0.4, -0.2) is 61.9 Å². The number of amides is 1. The first kappa shape index (κ1) is 24.9. The monoisotopic (exact) mass is 447 g/mol. The van der Waals surface area contributed by atoms with Crippen LogP contribution in [0.3, 0.4) is 0 Å². The Morgan fingerprint density at radius 2 is 1.81 bits per heavy atom. The number of likely N-dealkylation sites (tertiary alicyclic amines) is 1. The van der Waals surface area contributed by atoms with Crippen molar-refractivity contribution in [3.63, 3.8) is 0 Å². The molecule has 9 heteroatoms. The topological polar surface area (TPSA) is 108 Å². The minimum absolute atomic E-state index is 0.230. The molecule has 1 aliphatic heterocycles. The van der Waals surface area contributed by atoms with Gasteiger partial charge in [0.15, 0.2) is 11.5 Å². The summed E-state index contributed by atoms with van der Waals surface area (Å²) in [7, 11) is 2.95. The third-order valence-electron chi connectivity index (χ3n) is 5.16. The van der Waals surface area contributed by atoms with Gasteiger partial charge in [-0.1, -0.05) is 6.58 Å². The summed E-state index contributed by atoms with van der Waals surface area (Å²) in [5.41, 5.74) is -1.26. The standard InChI is InChI=1S/C23H29NO8/c1-6-19(25)31-14-23(2,3)20(26)21(27)24-12-8-7-9-16(24)22(28)32-15-10-11-17(29-4)18(13-15)30-5/h6,10-11,13,16H,1,7-9,12,14H2,2-5H3/t16-/m0/s1. The Hall–Kier alpha value is -3.36. The second-order valence-electron chi connectivity index (χ2n) is 7.97. The number of ketones is 1. The Labute approximate surface area is 187 Å². The lowest BCUT2D eigenvalue weighted by Gasteiger charge is -2.35. The number of hydrogen-bond acceptors (Lipinski definition) is 8. The fourth-order valence-corrected chi connectivity index (χ4v) is 3.28. The van der Waals surface area contributed by atoms with Crippen molar-refractivity contribution in [3.8, 4) is 17.2 Å². The molecule has 1 aromatic carbocycles.